The molecular weight excluding hydrogens is 671 g/mol. The predicted molar refractivity (Wildman–Crippen MR) is 215 cm³/mol. The third kappa shape index (κ3) is 5.82. The van der Waals surface area contributed by atoms with E-state index in [4.69, 9.17) is 15.0 Å². The number of nitrogens with zero attached hydrogens (tertiary/aromatic N) is 4. The maximum Gasteiger partial charge on any atom is 0.166 e. The van der Waals surface area contributed by atoms with Crippen molar-refractivity contribution in [1.82, 2.24) is 19.5 Å². The second kappa shape index (κ2) is 13.3. The minimum atomic E-state index is -0.648. The van der Waals surface area contributed by atoms with E-state index in [0.29, 0.717) is 28.6 Å². The lowest BCUT2D eigenvalue weighted by atomic mass is 9.93. The summed E-state index contributed by atoms with van der Waals surface area (Å²) in [6, 6.07) is 48.5. The molecular formula is C48H34F2N4. The zero-order chi connectivity index (χ0) is 36.9. The maximum atomic E-state index is 15.4. The zero-order valence-corrected chi connectivity index (χ0v) is 30.0. The Morgan fingerprint density at radius 1 is 0.444 bits per heavy atom. The monoisotopic (exact) mass is 704 g/mol. The smallest absolute Gasteiger partial charge is 0.166 e. The van der Waals surface area contributed by atoms with Gasteiger partial charge in [0.1, 0.15) is 11.6 Å². The molecule has 0 atom stereocenters. The summed E-state index contributed by atoms with van der Waals surface area (Å²) in [5, 5.41) is 2.20. The van der Waals surface area contributed by atoms with E-state index in [0.717, 1.165) is 50.2 Å². The summed E-state index contributed by atoms with van der Waals surface area (Å²) in [6.45, 7) is 6.45. The molecule has 260 valence electrons. The Balaban J connectivity index is 1.37. The second-order valence-electron chi connectivity index (χ2n) is 13.8. The van der Waals surface area contributed by atoms with Gasteiger partial charge in [-0.15, -0.1) is 0 Å². The Morgan fingerprint density at radius 2 is 1.04 bits per heavy atom. The van der Waals surface area contributed by atoms with Gasteiger partial charge in [-0.3, -0.25) is 0 Å². The van der Waals surface area contributed by atoms with Crippen LogP contribution in [0.1, 0.15) is 16.7 Å². The lowest BCUT2D eigenvalue weighted by Gasteiger charge is -2.17. The largest absolute Gasteiger partial charge is 0.308 e. The third-order valence-corrected chi connectivity index (χ3v) is 10.1. The van der Waals surface area contributed by atoms with Gasteiger partial charge in [-0.2, -0.15) is 0 Å². The lowest BCUT2D eigenvalue weighted by molar-refractivity contribution is 0.585. The topological polar surface area (TPSA) is 43.6 Å². The highest BCUT2D eigenvalue weighted by Crippen LogP contribution is 2.40. The molecule has 0 fully saturated rings. The van der Waals surface area contributed by atoms with Crippen LogP contribution in [0.3, 0.4) is 0 Å². The molecule has 0 aliphatic rings. The Labute approximate surface area is 312 Å². The number of aromatic nitrogens is 4. The molecule has 2 aromatic heterocycles. The summed E-state index contributed by atoms with van der Waals surface area (Å²) < 4.78 is 31.8. The van der Waals surface area contributed by atoms with Crippen LogP contribution < -0.4 is 0 Å². The summed E-state index contributed by atoms with van der Waals surface area (Å²) in [5.74, 6) is 0.168. The second-order valence-corrected chi connectivity index (χ2v) is 13.8. The first kappa shape index (κ1) is 33.1. The van der Waals surface area contributed by atoms with Gasteiger partial charge in [0.05, 0.1) is 16.7 Å². The molecule has 4 nitrogen and oxygen atoms in total. The summed E-state index contributed by atoms with van der Waals surface area (Å²) >= 11 is 0. The average molecular weight is 705 g/mol. The number of rotatable bonds is 6. The number of hydrogen-bond acceptors (Lipinski definition) is 3. The highest BCUT2D eigenvalue weighted by molar-refractivity contribution is 6.11. The Kier molecular flexibility index (Phi) is 8.16. The van der Waals surface area contributed by atoms with Crippen molar-refractivity contribution in [2.24, 2.45) is 0 Å². The SMILES string of the molecule is Cc1cc(C)c(-c2ccc3c4ccccc4n(-c4ccc(-c5ccc(F)cc5F)cc4-c4nc(-c5ccccc5)nc(-c5ccccc5)n4)c3c2)c(C)c1. The molecule has 0 saturated heterocycles. The van der Waals surface area contributed by atoms with Crippen LogP contribution in [0.2, 0.25) is 0 Å². The molecule has 0 amide bonds. The Bertz CT molecular complexity index is 2800. The fourth-order valence-electron chi connectivity index (χ4n) is 7.75. The molecule has 54 heavy (non-hydrogen) atoms. The molecule has 7 aromatic carbocycles. The fourth-order valence-corrected chi connectivity index (χ4v) is 7.75. The van der Waals surface area contributed by atoms with Crippen LogP contribution in [0.5, 0.6) is 0 Å². The average Bonchev–Trinajstić information content (AvgIpc) is 3.51. The molecule has 0 radical (unpaired) electrons. The predicted octanol–water partition coefficient (Wildman–Crippen LogP) is 12.5. The van der Waals surface area contributed by atoms with Gasteiger partial charge in [-0.1, -0.05) is 115 Å². The van der Waals surface area contributed by atoms with E-state index in [1.165, 1.54) is 34.4 Å². The molecule has 0 aliphatic carbocycles. The number of aryl methyl sites for hydroxylation is 3. The summed E-state index contributed by atoms with van der Waals surface area (Å²) in [7, 11) is 0. The van der Waals surface area contributed by atoms with Gasteiger partial charge in [0, 0.05) is 39.1 Å². The Morgan fingerprint density at radius 3 is 1.70 bits per heavy atom. The van der Waals surface area contributed by atoms with Crippen molar-refractivity contribution < 1.29 is 8.78 Å². The van der Waals surface area contributed by atoms with E-state index in [9.17, 15) is 4.39 Å². The molecule has 0 saturated carbocycles. The number of fused-ring (bicyclic) bond motifs is 3. The van der Waals surface area contributed by atoms with Gasteiger partial charge in [0.25, 0.3) is 0 Å². The zero-order valence-electron chi connectivity index (χ0n) is 30.0. The van der Waals surface area contributed by atoms with Gasteiger partial charge >= 0.3 is 0 Å². The van der Waals surface area contributed by atoms with Crippen LogP contribution in [-0.2, 0) is 0 Å². The van der Waals surface area contributed by atoms with Crippen molar-refractivity contribution in [2.75, 3.05) is 0 Å². The first-order chi connectivity index (χ1) is 26.3. The van der Waals surface area contributed by atoms with Gasteiger partial charge in [0.15, 0.2) is 17.5 Å². The van der Waals surface area contributed by atoms with Crippen molar-refractivity contribution in [2.45, 2.75) is 20.8 Å². The molecule has 0 unspecified atom stereocenters. The highest BCUT2D eigenvalue weighted by Gasteiger charge is 2.22. The van der Waals surface area contributed by atoms with E-state index in [-0.39, 0.29) is 5.56 Å². The molecule has 9 aromatic rings. The minimum Gasteiger partial charge on any atom is -0.308 e. The van der Waals surface area contributed by atoms with Crippen LogP contribution in [0, 0.1) is 32.4 Å². The molecule has 0 N–H and O–H groups in total. The molecule has 2 heterocycles. The van der Waals surface area contributed by atoms with Crippen molar-refractivity contribution >= 4 is 21.8 Å². The Hall–Kier alpha value is -6.79. The van der Waals surface area contributed by atoms with Crippen molar-refractivity contribution in [1.29, 1.82) is 0 Å². The van der Waals surface area contributed by atoms with Crippen molar-refractivity contribution in [3.05, 3.63) is 180 Å². The van der Waals surface area contributed by atoms with Crippen LogP contribution >= 0.6 is 0 Å². The van der Waals surface area contributed by atoms with Gasteiger partial charge in [0.2, 0.25) is 0 Å². The van der Waals surface area contributed by atoms with Crippen LogP contribution in [0.25, 0.3) is 83.9 Å². The molecule has 6 heteroatoms. The molecule has 9 rings (SSSR count). The first-order valence-electron chi connectivity index (χ1n) is 17.9. The number of hydrogen-bond donors (Lipinski definition) is 0. The van der Waals surface area contributed by atoms with Crippen LogP contribution in [0.15, 0.2) is 152 Å². The number of benzene rings is 7. The van der Waals surface area contributed by atoms with E-state index >= 15 is 4.39 Å². The molecule has 0 bridgehead atoms. The first-order valence-corrected chi connectivity index (χ1v) is 17.9. The van der Waals surface area contributed by atoms with E-state index in [1.807, 2.05) is 84.9 Å². The lowest BCUT2D eigenvalue weighted by Crippen LogP contribution is -2.04. The summed E-state index contributed by atoms with van der Waals surface area (Å²) in [5.41, 5.74) is 12.0. The van der Waals surface area contributed by atoms with Gasteiger partial charge in [-0.25, -0.2) is 23.7 Å². The maximum absolute atomic E-state index is 15.4. The third-order valence-electron chi connectivity index (χ3n) is 10.1. The fraction of sp³-hybridized carbons (Fsp3) is 0.0625. The minimum absolute atomic E-state index is 0.277. The summed E-state index contributed by atoms with van der Waals surface area (Å²) in [6.07, 6.45) is 0. The van der Waals surface area contributed by atoms with Crippen molar-refractivity contribution in [3.8, 4) is 62.1 Å². The molecule has 0 aliphatic heterocycles. The number of halogens is 2. The van der Waals surface area contributed by atoms with E-state index < -0.39 is 11.6 Å². The van der Waals surface area contributed by atoms with Gasteiger partial charge in [-0.05, 0) is 85.0 Å². The van der Waals surface area contributed by atoms with E-state index in [1.54, 1.807) is 0 Å². The van der Waals surface area contributed by atoms with E-state index in [2.05, 4.69) is 73.9 Å². The number of para-hydroxylation sites is 1. The normalized spacial score (nSPS) is 11.4. The van der Waals surface area contributed by atoms with Crippen LogP contribution in [0.4, 0.5) is 8.78 Å². The van der Waals surface area contributed by atoms with Crippen LogP contribution in [-0.4, -0.2) is 19.5 Å². The molecule has 0 spiro atoms. The van der Waals surface area contributed by atoms with Crippen molar-refractivity contribution in [3.63, 3.8) is 0 Å². The standard InChI is InChI=1S/C48H34F2N4/c1-29-24-30(2)45(31(3)25-29)35-18-21-39-38-16-10-11-17-42(38)54(44(39)27-35)43-23-19-34(37-22-20-36(49)28-41(37)50)26-40(43)48-52-46(32-12-6-4-7-13-32)51-47(53-48)33-14-8-5-9-15-33/h4-28H,1-3H3. The highest BCUT2D eigenvalue weighted by atomic mass is 19.1. The summed E-state index contributed by atoms with van der Waals surface area (Å²) in [4.78, 5) is 15.2. The van der Waals surface area contributed by atoms with Gasteiger partial charge < -0.3 is 4.57 Å². The quantitative estimate of drug-likeness (QED) is 0.173.